The molecule has 4 N–H and O–H groups in total. The molecule has 3 aromatic rings. The van der Waals surface area contributed by atoms with Gasteiger partial charge in [0.1, 0.15) is 29.4 Å². The Morgan fingerprint density at radius 2 is 1.94 bits per heavy atom. The first kappa shape index (κ1) is 22.1. The maximum atomic E-state index is 12.2. The molecule has 1 unspecified atom stereocenters. The van der Waals surface area contributed by atoms with Crippen molar-refractivity contribution in [1.29, 1.82) is 0 Å². The van der Waals surface area contributed by atoms with Crippen LogP contribution in [0.3, 0.4) is 0 Å². The highest BCUT2D eigenvalue weighted by atomic mass is 16.8. The fraction of sp³-hybridized carbons (Fsp3) is 0.500. The van der Waals surface area contributed by atoms with Crippen molar-refractivity contribution in [3.05, 3.63) is 57.6 Å². The average Bonchev–Trinajstić information content (AvgIpc) is 3.45. The molecule has 5 atom stereocenters. The minimum Gasteiger partial charge on any atom is -0.456 e. The Morgan fingerprint density at radius 1 is 1.21 bits per heavy atom. The molecule has 33 heavy (non-hydrogen) atoms. The number of fused-ring (bicyclic) bond motifs is 2. The largest absolute Gasteiger partial charge is 0.456 e. The van der Waals surface area contributed by atoms with Crippen molar-refractivity contribution < 1.29 is 23.7 Å². The van der Waals surface area contributed by atoms with Gasteiger partial charge in [-0.05, 0) is 31.2 Å². The van der Waals surface area contributed by atoms with E-state index >= 15 is 0 Å². The lowest BCUT2D eigenvalue weighted by molar-refractivity contribution is -0.157. The molecule has 0 bridgehead atoms. The van der Waals surface area contributed by atoms with Gasteiger partial charge in [-0.3, -0.25) is 9.78 Å². The number of hydrogen-bond donors (Lipinski definition) is 3. The molecule has 4 heterocycles. The zero-order valence-electron chi connectivity index (χ0n) is 18.9. The molecular formula is C24H29N3O6. The Balaban J connectivity index is 1.48. The van der Waals surface area contributed by atoms with Crippen LogP contribution in [0, 0.1) is 0 Å². The van der Waals surface area contributed by atoms with Crippen molar-refractivity contribution >= 4 is 17.0 Å². The third kappa shape index (κ3) is 3.47. The molecular weight excluding hydrogens is 426 g/mol. The molecule has 0 radical (unpaired) electrons. The number of aromatic nitrogens is 2. The number of anilines is 1. The quantitative estimate of drug-likeness (QED) is 0.516. The zero-order chi connectivity index (χ0) is 23.3. The number of furan rings is 1. The summed E-state index contributed by atoms with van der Waals surface area (Å²) in [6, 6.07) is 8.30. The summed E-state index contributed by atoms with van der Waals surface area (Å²) in [7, 11) is 0. The van der Waals surface area contributed by atoms with Gasteiger partial charge in [0.15, 0.2) is 6.29 Å². The Morgan fingerprint density at radius 3 is 2.61 bits per heavy atom. The molecule has 9 heteroatoms. The van der Waals surface area contributed by atoms with Crippen LogP contribution in [-0.4, -0.2) is 39.5 Å². The number of nitrogens with one attached hydrogen (secondary N) is 1. The summed E-state index contributed by atoms with van der Waals surface area (Å²) in [4.78, 5) is 18.9. The van der Waals surface area contributed by atoms with Gasteiger partial charge in [0.25, 0.3) is 5.56 Å². The van der Waals surface area contributed by atoms with Gasteiger partial charge in [-0.2, -0.15) is 0 Å². The Labute approximate surface area is 190 Å². The number of aliphatic hydroxyl groups excluding tert-OH is 1. The van der Waals surface area contributed by atoms with Crippen molar-refractivity contribution in [2.24, 2.45) is 0 Å². The number of ether oxygens (including phenoxy) is 3. The summed E-state index contributed by atoms with van der Waals surface area (Å²) in [6.45, 7) is 6.02. The second-order valence-electron chi connectivity index (χ2n) is 8.93. The second-order valence-corrected chi connectivity index (χ2v) is 8.93. The Hall–Kier alpha value is -2.72. The number of H-pyrrole nitrogens is 1. The van der Waals surface area contributed by atoms with Crippen LogP contribution in [0.4, 0.5) is 5.95 Å². The lowest BCUT2D eigenvalue weighted by Gasteiger charge is -2.27. The van der Waals surface area contributed by atoms with Crippen molar-refractivity contribution in [3.8, 4) is 0 Å². The number of rotatable bonds is 6. The van der Waals surface area contributed by atoms with E-state index in [0.29, 0.717) is 17.0 Å². The topological polar surface area (TPSA) is 133 Å². The number of nitrogens with two attached hydrogens (primary N) is 1. The lowest BCUT2D eigenvalue weighted by atomic mass is 9.89. The number of aromatic amines is 1. The molecule has 2 aliphatic heterocycles. The highest BCUT2D eigenvalue weighted by molar-refractivity contribution is 5.77. The SMILES string of the molecule is CCC(CC)c1ccc(C2O[C@@H]3[C@@H](CO)O[C@@H](c4coc5c(=O)[nH]c(N)nc45)[C@]3(C)O2)cc1. The van der Waals surface area contributed by atoms with Crippen molar-refractivity contribution in [3.63, 3.8) is 0 Å². The molecule has 2 aliphatic rings. The van der Waals surface area contributed by atoms with Crippen LogP contribution in [0.5, 0.6) is 0 Å². The smallest absolute Gasteiger partial charge is 0.295 e. The molecule has 5 rings (SSSR count). The average molecular weight is 456 g/mol. The minimum absolute atomic E-state index is 0.0208. The van der Waals surface area contributed by atoms with Gasteiger partial charge in [-0.15, -0.1) is 0 Å². The normalized spacial score (nSPS) is 29.2. The van der Waals surface area contributed by atoms with E-state index in [1.54, 1.807) is 0 Å². The molecule has 2 saturated heterocycles. The fourth-order valence-electron chi connectivity index (χ4n) is 5.14. The van der Waals surface area contributed by atoms with Gasteiger partial charge < -0.3 is 29.5 Å². The van der Waals surface area contributed by atoms with Crippen LogP contribution in [0.25, 0.3) is 11.1 Å². The molecule has 9 nitrogen and oxygen atoms in total. The molecule has 0 saturated carbocycles. The van der Waals surface area contributed by atoms with E-state index in [-0.39, 0.29) is 18.1 Å². The predicted octanol–water partition coefficient (Wildman–Crippen LogP) is 3.31. The predicted molar refractivity (Wildman–Crippen MR) is 121 cm³/mol. The maximum Gasteiger partial charge on any atom is 0.295 e. The maximum absolute atomic E-state index is 12.2. The summed E-state index contributed by atoms with van der Waals surface area (Å²) in [5.41, 5.74) is 7.42. The van der Waals surface area contributed by atoms with E-state index in [1.807, 2.05) is 19.1 Å². The van der Waals surface area contributed by atoms with Gasteiger partial charge in [0, 0.05) is 11.1 Å². The Bertz CT molecular complexity index is 1200. The summed E-state index contributed by atoms with van der Waals surface area (Å²) in [5, 5.41) is 9.98. The first-order valence-corrected chi connectivity index (χ1v) is 11.4. The van der Waals surface area contributed by atoms with E-state index in [9.17, 15) is 9.90 Å². The van der Waals surface area contributed by atoms with Gasteiger partial charge >= 0.3 is 0 Å². The van der Waals surface area contributed by atoms with Gasteiger partial charge in [-0.1, -0.05) is 38.1 Å². The number of nitrogen functional groups attached to an aromatic ring is 1. The van der Waals surface area contributed by atoms with Crippen LogP contribution in [0.2, 0.25) is 0 Å². The van der Waals surface area contributed by atoms with Crippen molar-refractivity contribution in [1.82, 2.24) is 9.97 Å². The number of nitrogens with zero attached hydrogens (tertiary/aromatic N) is 1. The van der Waals surface area contributed by atoms with Crippen LogP contribution in [0.1, 0.15) is 68.6 Å². The molecule has 1 aromatic carbocycles. The molecule has 0 spiro atoms. The third-order valence-electron chi connectivity index (χ3n) is 6.97. The lowest BCUT2D eigenvalue weighted by Crippen LogP contribution is -2.40. The summed E-state index contributed by atoms with van der Waals surface area (Å²) in [5.74, 6) is 0.503. The molecule has 2 fully saturated rings. The van der Waals surface area contributed by atoms with Gasteiger partial charge in [0.2, 0.25) is 11.5 Å². The number of benzene rings is 1. The standard InChI is InChI=1S/C24H29N3O6/c1-4-12(5-2)13-6-8-14(9-7-13)22-32-20-16(10-28)31-19(24(20,3)33-22)15-11-30-18-17(15)26-23(25)27-21(18)29/h6-9,11-12,16,19-20,22,28H,4-5,10H2,1-3H3,(H3,25,26,27,29)/t16-,19+,20-,22?,24+/m1/s1. The van der Waals surface area contributed by atoms with Crippen LogP contribution >= 0.6 is 0 Å². The third-order valence-corrected chi connectivity index (χ3v) is 6.97. The van der Waals surface area contributed by atoms with Crippen molar-refractivity contribution in [2.75, 3.05) is 12.3 Å². The first-order valence-electron chi connectivity index (χ1n) is 11.4. The molecule has 2 aromatic heterocycles. The first-order chi connectivity index (χ1) is 15.9. The second kappa shape index (κ2) is 8.25. The van der Waals surface area contributed by atoms with E-state index in [4.69, 9.17) is 24.4 Å². The highest BCUT2D eigenvalue weighted by Gasteiger charge is 2.62. The Kier molecular flexibility index (Phi) is 5.52. The molecule has 0 aliphatic carbocycles. The van der Waals surface area contributed by atoms with Crippen LogP contribution < -0.4 is 11.3 Å². The fourth-order valence-corrected chi connectivity index (χ4v) is 5.14. The summed E-state index contributed by atoms with van der Waals surface area (Å²) < 4.78 is 24.3. The van der Waals surface area contributed by atoms with E-state index in [0.717, 1.165) is 18.4 Å². The van der Waals surface area contributed by atoms with Crippen LogP contribution in [-0.2, 0) is 14.2 Å². The van der Waals surface area contributed by atoms with Crippen molar-refractivity contribution in [2.45, 2.75) is 69.7 Å². The molecule has 176 valence electrons. The molecule has 0 amide bonds. The van der Waals surface area contributed by atoms with E-state index in [2.05, 4.69) is 35.9 Å². The zero-order valence-corrected chi connectivity index (χ0v) is 18.9. The summed E-state index contributed by atoms with van der Waals surface area (Å²) in [6.07, 6.45) is 1.17. The number of aliphatic hydroxyl groups is 1. The van der Waals surface area contributed by atoms with Gasteiger partial charge in [-0.25, -0.2) is 4.98 Å². The van der Waals surface area contributed by atoms with Gasteiger partial charge in [0.05, 0.1) is 12.9 Å². The summed E-state index contributed by atoms with van der Waals surface area (Å²) >= 11 is 0. The van der Waals surface area contributed by atoms with E-state index < -0.39 is 35.8 Å². The minimum atomic E-state index is -0.943. The number of hydrogen-bond acceptors (Lipinski definition) is 8. The monoisotopic (exact) mass is 455 g/mol. The van der Waals surface area contributed by atoms with Crippen LogP contribution in [0.15, 0.2) is 39.7 Å². The van der Waals surface area contributed by atoms with E-state index in [1.165, 1.54) is 11.8 Å². The highest BCUT2D eigenvalue weighted by Crippen LogP contribution is 2.54.